The van der Waals surface area contributed by atoms with Crippen molar-refractivity contribution in [1.29, 1.82) is 0 Å². The van der Waals surface area contributed by atoms with E-state index in [1.165, 1.54) is 6.07 Å². The molecule has 1 atom stereocenters. The molecule has 1 saturated heterocycles. The summed E-state index contributed by atoms with van der Waals surface area (Å²) in [5, 5.41) is 11.8. The Bertz CT molecular complexity index is 488. The monoisotopic (exact) mass is 265 g/mol. The highest BCUT2D eigenvalue weighted by atomic mass is 19.1. The first-order chi connectivity index (χ1) is 9.06. The summed E-state index contributed by atoms with van der Waals surface area (Å²) in [6, 6.07) is 5.19. The van der Waals surface area contributed by atoms with Gasteiger partial charge in [-0.25, -0.2) is 4.39 Å². The molecule has 4 nitrogen and oxygen atoms in total. The summed E-state index contributed by atoms with van der Waals surface area (Å²) in [6.45, 7) is 5.19. The van der Waals surface area contributed by atoms with Crippen LogP contribution in [0.15, 0.2) is 23.4 Å². The lowest BCUT2D eigenvalue weighted by Gasteiger charge is -2.31. The minimum Gasteiger partial charge on any atom is -0.409 e. The summed E-state index contributed by atoms with van der Waals surface area (Å²) in [7, 11) is 0. The van der Waals surface area contributed by atoms with Crippen molar-refractivity contribution in [1.82, 2.24) is 0 Å². The van der Waals surface area contributed by atoms with Crippen molar-refractivity contribution >= 4 is 11.5 Å². The molecule has 1 aliphatic heterocycles. The Morgan fingerprint density at radius 3 is 2.89 bits per heavy atom. The molecule has 104 valence electrons. The molecule has 19 heavy (non-hydrogen) atoms. The van der Waals surface area contributed by atoms with Crippen LogP contribution in [-0.2, 0) is 0 Å². The van der Waals surface area contributed by atoms with Crippen molar-refractivity contribution < 1.29 is 9.60 Å². The third-order valence-corrected chi connectivity index (χ3v) is 3.73. The number of nitrogens with zero attached hydrogens (tertiary/aromatic N) is 2. The molecule has 0 bridgehead atoms. The third-order valence-electron chi connectivity index (χ3n) is 3.73. The fourth-order valence-electron chi connectivity index (χ4n) is 2.84. The molecule has 0 amide bonds. The van der Waals surface area contributed by atoms with Crippen LogP contribution < -0.4 is 10.6 Å². The van der Waals surface area contributed by atoms with Crippen molar-refractivity contribution in [3.63, 3.8) is 0 Å². The van der Waals surface area contributed by atoms with Gasteiger partial charge in [-0.3, -0.25) is 0 Å². The van der Waals surface area contributed by atoms with Gasteiger partial charge in [0.05, 0.1) is 11.3 Å². The molecule has 1 aliphatic rings. The lowest BCUT2D eigenvalue weighted by molar-refractivity contribution is 0.318. The first-order valence-electron chi connectivity index (χ1n) is 6.59. The van der Waals surface area contributed by atoms with Crippen LogP contribution in [0.2, 0.25) is 0 Å². The van der Waals surface area contributed by atoms with Crippen LogP contribution >= 0.6 is 0 Å². The average molecular weight is 265 g/mol. The van der Waals surface area contributed by atoms with Gasteiger partial charge >= 0.3 is 0 Å². The fourth-order valence-corrected chi connectivity index (χ4v) is 2.84. The smallest absolute Gasteiger partial charge is 0.175 e. The number of benzene rings is 1. The van der Waals surface area contributed by atoms with Crippen molar-refractivity contribution in [3.05, 3.63) is 29.6 Å². The zero-order valence-electron chi connectivity index (χ0n) is 11.3. The van der Waals surface area contributed by atoms with E-state index in [1.807, 2.05) is 6.07 Å². The van der Waals surface area contributed by atoms with Gasteiger partial charge in [-0.15, -0.1) is 0 Å². The van der Waals surface area contributed by atoms with Gasteiger partial charge in [0.2, 0.25) is 0 Å². The molecule has 1 fully saturated rings. The normalized spacial score (nSPS) is 20.3. The molecule has 5 heteroatoms. The van der Waals surface area contributed by atoms with E-state index in [9.17, 15) is 4.39 Å². The molecule has 0 radical (unpaired) electrons. The zero-order valence-corrected chi connectivity index (χ0v) is 11.3. The van der Waals surface area contributed by atoms with Crippen LogP contribution in [0.3, 0.4) is 0 Å². The molecule has 1 heterocycles. The maximum Gasteiger partial charge on any atom is 0.175 e. The second-order valence-electron chi connectivity index (χ2n) is 5.27. The zero-order chi connectivity index (χ0) is 14.0. The highest BCUT2D eigenvalue weighted by Crippen LogP contribution is 2.33. The van der Waals surface area contributed by atoms with Crippen LogP contribution in [0.5, 0.6) is 0 Å². The molecular weight excluding hydrogens is 245 g/mol. The highest BCUT2D eigenvalue weighted by Gasteiger charge is 2.30. The number of hydrogen-bond donors (Lipinski definition) is 2. The molecule has 0 saturated carbocycles. The van der Waals surface area contributed by atoms with Crippen LogP contribution in [-0.4, -0.2) is 23.6 Å². The Kier molecular flexibility index (Phi) is 3.93. The van der Waals surface area contributed by atoms with Crippen LogP contribution in [0, 0.1) is 11.7 Å². The second kappa shape index (κ2) is 5.47. The SMILES string of the molecule is CC(C)C1CCCN1c1cccc(F)c1C(N)=NO. The molecule has 2 rings (SSSR count). The quantitative estimate of drug-likeness (QED) is 0.382. The van der Waals surface area contributed by atoms with Gasteiger partial charge in [-0.2, -0.15) is 0 Å². The van der Waals surface area contributed by atoms with Gasteiger partial charge in [0.1, 0.15) is 5.82 Å². The Balaban J connectivity index is 2.47. The van der Waals surface area contributed by atoms with E-state index in [-0.39, 0.29) is 11.4 Å². The van der Waals surface area contributed by atoms with Gasteiger partial charge in [-0.05, 0) is 30.9 Å². The standard InChI is InChI=1S/C14H20FN3O/c1-9(2)11-7-4-8-18(11)12-6-3-5-10(15)13(12)14(16)17-19/h3,5-6,9,11,19H,4,7-8H2,1-2H3,(H2,16,17). The third kappa shape index (κ3) is 2.50. The molecule has 0 aliphatic carbocycles. The Hall–Kier alpha value is -1.78. The summed E-state index contributed by atoms with van der Waals surface area (Å²) in [6.07, 6.45) is 2.17. The van der Waals surface area contributed by atoms with Gasteiger partial charge in [-0.1, -0.05) is 25.1 Å². The highest BCUT2D eigenvalue weighted by molar-refractivity contribution is 6.02. The first kappa shape index (κ1) is 13.6. The summed E-state index contributed by atoms with van der Waals surface area (Å²) in [5.74, 6) is -0.157. The predicted octanol–water partition coefficient (Wildman–Crippen LogP) is 2.55. The lowest BCUT2D eigenvalue weighted by Crippen LogP contribution is -2.35. The van der Waals surface area contributed by atoms with E-state index in [2.05, 4.69) is 23.9 Å². The largest absolute Gasteiger partial charge is 0.409 e. The number of anilines is 1. The van der Waals surface area contributed by atoms with Crippen LogP contribution in [0.25, 0.3) is 0 Å². The van der Waals surface area contributed by atoms with Crippen molar-refractivity contribution in [2.45, 2.75) is 32.7 Å². The Morgan fingerprint density at radius 2 is 2.26 bits per heavy atom. The van der Waals surface area contributed by atoms with E-state index < -0.39 is 5.82 Å². The summed E-state index contributed by atoms with van der Waals surface area (Å²) in [5.41, 5.74) is 6.52. The Morgan fingerprint density at radius 1 is 1.53 bits per heavy atom. The number of nitrogens with two attached hydrogens (primary N) is 1. The molecule has 1 aromatic carbocycles. The number of rotatable bonds is 3. The van der Waals surface area contributed by atoms with E-state index in [4.69, 9.17) is 10.9 Å². The average Bonchev–Trinajstić information content (AvgIpc) is 2.86. The number of amidine groups is 1. The molecule has 0 aromatic heterocycles. The maximum absolute atomic E-state index is 14.0. The molecule has 1 aromatic rings. The number of hydrogen-bond acceptors (Lipinski definition) is 3. The number of halogens is 1. The predicted molar refractivity (Wildman–Crippen MR) is 74.1 cm³/mol. The van der Waals surface area contributed by atoms with E-state index in [1.54, 1.807) is 6.07 Å². The summed E-state index contributed by atoms with van der Waals surface area (Å²) < 4.78 is 14.0. The molecule has 0 spiro atoms. The van der Waals surface area contributed by atoms with Gasteiger partial charge < -0.3 is 15.8 Å². The van der Waals surface area contributed by atoms with Crippen molar-refractivity contribution in [2.24, 2.45) is 16.8 Å². The maximum atomic E-state index is 14.0. The molecule has 3 N–H and O–H groups in total. The van der Waals surface area contributed by atoms with Crippen molar-refractivity contribution in [2.75, 3.05) is 11.4 Å². The minimum atomic E-state index is -0.456. The Labute approximate surface area is 112 Å². The minimum absolute atomic E-state index is 0.178. The second-order valence-corrected chi connectivity index (χ2v) is 5.27. The summed E-state index contributed by atoms with van der Waals surface area (Å²) in [4.78, 5) is 2.17. The van der Waals surface area contributed by atoms with Crippen LogP contribution in [0.1, 0.15) is 32.3 Å². The van der Waals surface area contributed by atoms with E-state index in [0.29, 0.717) is 17.6 Å². The topological polar surface area (TPSA) is 61.8 Å². The number of oxime groups is 1. The van der Waals surface area contributed by atoms with Gasteiger partial charge in [0, 0.05) is 12.6 Å². The van der Waals surface area contributed by atoms with Crippen LogP contribution in [0.4, 0.5) is 10.1 Å². The van der Waals surface area contributed by atoms with Gasteiger partial charge in [0.25, 0.3) is 0 Å². The van der Waals surface area contributed by atoms with E-state index >= 15 is 0 Å². The summed E-state index contributed by atoms with van der Waals surface area (Å²) >= 11 is 0. The molecule has 1 unspecified atom stereocenters. The van der Waals surface area contributed by atoms with Crippen molar-refractivity contribution in [3.8, 4) is 0 Å². The molecular formula is C14H20FN3O. The fraction of sp³-hybridized carbons (Fsp3) is 0.500. The van der Waals surface area contributed by atoms with E-state index in [0.717, 1.165) is 19.4 Å². The first-order valence-corrected chi connectivity index (χ1v) is 6.59. The lowest BCUT2D eigenvalue weighted by atomic mass is 10.0. The van der Waals surface area contributed by atoms with Gasteiger partial charge in [0.15, 0.2) is 5.84 Å².